The van der Waals surface area contributed by atoms with Crippen molar-refractivity contribution in [2.75, 3.05) is 4.90 Å². The number of carbonyl (C=O) groups is 2. The fourth-order valence-corrected chi connectivity index (χ4v) is 4.27. The molecule has 2 aromatic carbocycles. The number of carbonyl (C=O) groups excluding carboxylic acids is 2. The van der Waals surface area contributed by atoms with Gasteiger partial charge in [-0.05, 0) is 43.0 Å². The van der Waals surface area contributed by atoms with Crippen molar-refractivity contribution < 1.29 is 9.59 Å². The van der Waals surface area contributed by atoms with Gasteiger partial charge < -0.3 is 5.32 Å². The molecule has 1 aliphatic carbocycles. The molecule has 0 aliphatic heterocycles. The first-order valence-electron chi connectivity index (χ1n) is 11.1. The van der Waals surface area contributed by atoms with Gasteiger partial charge in [-0.1, -0.05) is 61.7 Å². The summed E-state index contributed by atoms with van der Waals surface area (Å²) < 4.78 is 0. The Morgan fingerprint density at radius 3 is 2.47 bits per heavy atom. The molecule has 1 heterocycles. The second kappa shape index (κ2) is 10.2. The summed E-state index contributed by atoms with van der Waals surface area (Å²) in [6.45, 7) is 1.97. The highest BCUT2D eigenvalue weighted by Gasteiger charge is 2.35. The summed E-state index contributed by atoms with van der Waals surface area (Å²) >= 11 is 0. The van der Waals surface area contributed by atoms with Crippen molar-refractivity contribution >= 4 is 17.5 Å². The van der Waals surface area contributed by atoms with Crippen LogP contribution in [0.3, 0.4) is 0 Å². The van der Waals surface area contributed by atoms with Crippen LogP contribution in [0.4, 0.5) is 5.69 Å². The first-order valence-corrected chi connectivity index (χ1v) is 11.1. The number of aromatic nitrogens is 2. The van der Waals surface area contributed by atoms with Gasteiger partial charge in [-0.15, -0.1) is 0 Å². The zero-order valence-electron chi connectivity index (χ0n) is 18.3. The van der Waals surface area contributed by atoms with E-state index in [2.05, 4.69) is 15.3 Å². The molecule has 164 valence electrons. The van der Waals surface area contributed by atoms with E-state index in [9.17, 15) is 9.59 Å². The highest BCUT2D eigenvalue weighted by Crippen LogP contribution is 2.30. The summed E-state index contributed by atoms with van der Waals surface area (Å²) in [6.07, 6.45) is 9.81. The third kappa shape index (κ3) is 5.02. The third-order valence-electron chi connectivity index (χ3n) is 5.85. The second-order valence-electron chi connectivity index (χ2n) is 8.26. The van der Waals surface area contributed by atoms with Gasteiger partial charge in [-0.25, -0.2) is 4.98 Å². The molecule has 1 unspecified atom stereocenters. The molecular formula is C26H28N4O2. The summed E-state index contributed by atoms with van der Waals surface area (Å²) in [5, 5.41) is 3.22. The lowest BCUT2D eigenvalue weighted by molar-refractivity contribution is -0.123. The van der Waals surface area contributed by atoms with Crippen LogP contribution in [0.1, 0.15) is 59.8 Å². The zero-order chi connectivity index (χ0) is 22.3. The molecular weight excluding hydrogens is 400 g/mol. The van der Waals surface area contributed by atoms with Crippen LogP contribution in [-0.4, -0.2) is 27.8 Å². The Bertz CT molecular complexity index is 1050. The quantitative estimate of drug-likeness (QED) is 0.622. The van der Waals surface area contributed by atoms with Crippen molar-refractivity contribution in [2.24, 2.45) is 0 Å². The Kier molecular flexibility index (Phi) is 6.90. The van der Waals surface area contributed by atoms with Crippen LogP contribution in [0.5, 0.6) is 0 Å². The number of nitrogens with zero attached hydrogens (tertiary/aromatic N) is 3. The van der Waals surface area contributed by atoms with E-state index in [-0.39, 0.29) is 23.6 Å². The van der Waals surface area contributed by atoms with Crippen molar-refractivity contribution in [1.29, 1.82) is 0 Å². The minimum Gasteiger partial charge on any atom is -0.351 e. The van der Waals surface area contributed by atoms with Crippen LogP contribution in [0.15, 0.2) is 73.2 Å². The van der Waals surface area contributed by atoms with E-state index >= 15 is 0 Å². The van der Waals surface area contributed by atoms with Crippen LogP contribution in [-0.2, 0) is 4.79 Å². The van der Waals surface area contributed by atoms with Gasteiger partial charge in [-0.3, -0.25) is 19.5 Å². The fraction of sp³-hybridized carbons (Fsp3) is 0.308. The monoisotopic (exact) mass is 428 g/mol. The molecule has 1 aliphatic rings. The number of aryl methyl sites for hydroxylation is 1. The summed E-state index contributed by atoms with van der Waals surface area (Å²) in [7, 11) is 0. The minimum atomic E-state index is -0.825. The Morgan fingerprint density at radius 2 is 1.78 bits per heavy atom. The van der Waals surface area contributed by atoms with E-state index in [0.29, 0.717) is 5.69 Å². The first-order chi connectivity index (χ1) is 15.6. The van der Waals surface area contributed by atoms with Gasteiger partial charge in [0.15, 0.2) is 0 Å². The van der Waals surface area contributed by atoms with Crippen molar-refractivity contribution in [2.45, 2.75) is 51.1 Å². The van der Waals surface area contributed by atoms with Crippen LogP contribution < -0.4 is 10.2 Å². The number of hydrogen-bond donors (Lipinski definition) is 1. The highest BCUT2D eigenvalue weighted by molar-refractivity contribution is 6.09. The molecule has 0 radical (unpaired) electrons. The van der Waals surface area contributed by atoms with E-state index in [1.807, 2.05) is 61.5 Å². The summed E-state index contributed by atoms with van der Waals surface area (Å²) in [5.74, 6) is -0.543. The molecule has 1 N–H and O–H groups in total. The predicted molar refractivity (Wildman–Crippen MR) is 124 cm³/mol. The molecule has 32 heavy (non-hydrogen) atoms. The van der Waals surface area contributed by atoms with Crippen LogP contribution in [0.25, 0.3) is 0 Å². The fourth-order valence-electron chi connectivity index (χ4n) is 4.27. The summed E-state index contributed by atoms with van der Waals surface area (Å²) in [6, 6.07) is 16.4. The molecule has 1 fully saturated rings. The molecule has 4 rings (SSSR count). The molecule has 1 atom stereocenters. The van der Waals surface area contributed by atoms with Crippen molar-refractivity contribution in [3.63, 3.8) is 0 Å². The minimum absolute atomic E-state index is 0.133. The average molecular weight is 429 g/mol. The predicted octanol–water partition coefficient (Wildman–Crippen LogP) is 4.62. The van der Waals surface area contributed by atoms with E-state index in [1.54, 1.807) is 4.90 Å². The van der Waals surface area contributed by atoms with Crippen molar-refractivity contribution in [3.8, 4) is 0 Å². The summed E-state index contributed by atoms with van der Waals surface area (Å²) in [5.41, 5.74) is 2.59. The van der Waals surface area contributed by atoms with Gasteiger partial charge in [0.1, 0.15) is 11.7 Å². The first kappa shape index (κ1) is 21.7. The normalized spacial score (nSPS) is 15.0. The Hall–Kier alpha value is -3.54. The number of anilines is 1. The smallest absolute Gasteiger partial charge is 0.279 e. The summed E-state index contributed by atoms with van der Waals surface area (Å²) in [4.78, 5) is 37.2. The topological polar surface area (TPSA) is 75.2 Å². The van der Waals surface area contributed by atoms with E-state index < -0.39 is 6.04 Å². The average Bonchev–Trinajstić information content (AvgIpc) is 2.83. The van der Waals surface area contributed by atoms with Crippen molar-refractivity contribution in [1.82, 2.24) is 15.3 Å². The van der Waals surface area contributed by atoms with Crippen molar-refractivity contribution in [3.05, 3.63) is 90.0 Å². The number of rotatable bonds is 6. The highest BCUT2D eigenvalue weighted by atomic mass is 16.2. The van der Waals surface area contributed by atoms with Crippen LogP contribution >= 0.6 is 0 Å². The van der Waals surface area contributed by atoms with Gasteiger partial charge in [-0.2, -0.15) is 0 Å². The molecule has 1 saturated carbocycles. The van der Waals surface area contributed by atoms with E-state index in [1.165, 1.54) is 25.0 Å². The molecule has 3 aromatic rings. The van der Waals surface area contributed by atoms with Gasteiger partial charge in [0.25, 0.3) is 5.91 Å². The Balaban J connectivity index is 1.78. The molecule has 0 spiro atoms. The van der Waals surface area contributed by atoms with Crippen LogP contribution in [0, 0.1) is 6.92 Å². The van der Waals surface area contributed by atoms with Gasteiger partial charge >= 0.3 is 0 Å². The van der Waals surface area contributed by atoms with Crippen LogP contribution in [0.2, 0.25) is 0 Å². The zero-order valence-corrected chi connectivity index (χ0v) is 18.3. The number of amides is 2. The lowest BCUT2D eigenvalue weighted by Gasteiger charge is -2.33. The van der Waals surface area contributed by atoms with Gasteiger partial charge in [0, 0.05) is 24.1 Å². The second-order valence-corrected chi connectivity index (χ2v) is 8.26. The molecule has 0 saturated heterocycles. The van der Waals surface area contributed by atoms with Gasteiger partial charge in [0.2, 0.25) is 5.91 Å². The molecule has 0 bridgehead atoms. The Morgan fingerprint density at radius 1 is 1.00 bits per heavy atom. The lowest BCUT2D eigenvalue weighted by atomic mass is 9.94. The SMILES string of the molecule is Cc1cccc(N(C(=O)c2cnccn2)C(C(=O)NC2CCCCC2)c2ccccc2)c1. The maximum Gasteiger partial charge on any atom is 0.279 e. The van der Waals surface area contributed by atoms with E-state index in [4.69, 9.17) is 0 Å². The lowest BCUT2D eigenvalue weighted by Crippen LogP contribution is -2.47. The maximum absolute atomic E-state index is 13.7. The Labute approximate surface area is 188 Å². The number of nitrogens with one attached hydrogen (secondary N) is 1. The standard InChI is InChI=1S/C26H28N4O2/c1-19-9-8-14-22(17-19)30(26(32)23-18-27-15-16-28-23)24(20-10-4-2-5-11-20)25(31)29-21-12-6-3-7-13-21/h2,4-5,8-11,14-18,21,24H,3,6-7,12-13H2,1H3,(H,29,31). The largest absolute Gasteiger partial charge is 0.351 e. The number of benzene rings is 2. The number of hydrogen-bond acceptors (Lipinski definition) is 4. The molecule has 2 amide bonds. The molecule has 6 heteroatoms. The van der Waals surface area contributed by atoms with E-state index in [0.717, 1.165) is 36.8 Å². The molecule has 1 aromatic heterocycles. The maximum atomic E-state index is 13.7. The molecule has 6 nitrogen and oxygen atoms in total. The van der Waals surface area contributed by atoms with Gasteiger partial charge in [0.05, 0.1) is 6.20 Å². The third-order valence-corrected chi connectivity index (χ3v) is 5.85.